The molecule has 2 rings (SSSR count). The van der Waals surface area contributed by atoms with E-state index in [-0.39, 0.29) is 19.2 Å². The van der Waals surface area contributed by atoms with E-state index in [1.165, 1.54) is 0 Å². The van der Waals surface area contributed by atoms with Crippen LogP contribution in [0.5, 0.6) is 0 Å². The molecular formula is C12H15F3N2O. The number of anilines is 1. The Hall–Kier alpha value is -1.27. The maximum Gasteiger partial charge on any atom is 0.522 e. The van der Waals surface area contributed by atoms with Crippen LogP contribution < -0.4 is 10.6 Å². The van der Waals surface area contributed by atoms with E-state index in [1.807, 2.05) is 29.2 Å². The Morgan fingerprint density at radius 1 is 1.33 bits per heavy atom. The molecule has 1 aliphatic rings. The van der Waals surface area contributed by atoms with Crippen molar-refractivity contribution in [2.75, 3.05) is 24.6 Å². The lowest BCUT2D eigenvalue weighted by Gasteiger charge is -2.34. The summed E-state index contributed by atoms with van der Waals surface area (Å²) in [6, 6.07) is 7.49. The molecule has 1 aromatic rings. The molecule has 0 saturated carbocycles. The molecule has 3 nitrogen and oxygen atoms in total. The summed E-state index contributed by atoms with van der Waals surface area (Å²) in [5.74, 6) is 0. The molecule has 0 bridgehead atoms. The third kappa shape index (κ3) is 3.14. The van der Waals surface area contributed by atoms with Crippen LogP contribution in [0.4, 0.5) is 18.9 Å². The molecule has 0 aliphatic carbocycles. The number of fused-ring (bicyclic) bond motifs is 1. The number of nitrogens with two attached hydrogens (primary N) is 1. The molecule has 1 atom stereocenters. The molecule has 1 heterocycles. The minimum atomic E-state index is -4.56. The van der Waals surface area contributed by atoms with Crippen molar-refractivity contribution in [1.29, 1.82) is 0 Å². The summed E-state index contributed by atoms with van der Waals surface area (Å²) in [5, 5.41) is 0. The van der Waals surface area contributed by atoms with Crippen molar-refractivity contribution < 1.29 is 17.9 Å². The molecule has 100 valence electrons. The second-order valence-corrected chi connectivity index (χ2v) is 4.24. The summed E-state index contributed by atoms with van der Waals surface area (Å²) in [5.41, 5.74) is 7.86. The van der Waals surface area contributed by atoms with Crippen molar-refractivity contribution in [2.45, 2.75) is 18.8 Å². The number of ether oxygens (including phenoxy) is 1. The van der Waals surface area contributed by atoms with E-state index in [1.54, 1.807) is 0 Å². The molecule has 0 radical (unpaired) electrons. The van der Waals surface area contributed by atoms with Crippen molar-refractivity contribution in [3.05, 3.63) is 29.8 Å². The fourth-order valence-electron chi connectivity index (χ4n) is 2.16. The lowest BCUT2D eigenvalue weighted by atomic mass is 9.97. The van der Waals surface area contributed by atoms with Crippen LogP contribution in [0.3, 0.4) is 0 Å². The van der Waals surface area contributed by atoms with Gasteiger partial charge in [-0.3, -0.25) is 4.74 Å². The van der Waals surface area contributed by atoms with Gasteiger partial charge in [-0.05, 0) is 18.1 Å². The first-order valence-corrected chi connectivity index (χ1v) is 5.77. The zero-order valence-corrected chi connectivity index (χ0v) is 9.78. The average Bonchev–Trinajstić information content (AvgIpc) is 2.31. The van der Waals surface area contributed by atoms with Gasteiger partial charge in [0.2, 0.25) is 0 Å². The SMILES string of the molecule is NC1CCN(CCOC(F)(F)F)c2ccccc21. The van der Waals surface area contributed by atoms with Crippen molar-refractivity contribution >= 4 is 5.69 Å². The Balaban J connectivity index is 2.01. The topological polar surface area (TPSA) is 38.5 Å². The van der Waals surface area contributed by atoms with Gasteiger partial charge >= 0.3 is 6.36 Å². The number of alkyl halides is 3. The Morgan fingerprint density at radius 3 is 2.78 bits per heavy atom. The van der Waals surface area contributed by atoms with Crippen molar-refractivity contribution in [2.24, 2.45) is 5.73 Å². The molecule has 1 aliphatic heterocycles. The van der Waals surface area contributed by atoms with Gasteiger partial charge in [-0.15, -0.1) is 13.2 Å². The van der Waals surface area contributed by atoms with E-state index in [9.17, 15) is 13.2 Å². The number of rotatable bonds is 3. The van der Waals surface area contributed by atoms with Crippen LogP contribution in [0.15, 0.2) is 24.3 Å². The van der Waals surface area contributed by atoms with Gasteiger partial charge in [0, 0.05) is 24.8 Å². The number of halogens is 3. The quantitative estimate of drug-likeness (QED) is 0.907. The van der Waals surface area contributed by atoms with Gasteiger partial charge in [-0.2, -0.15) is 0 Å². The minimum Gasteiger partial charge on any atom is -0.369 e. The lowest BCUT2D eigenvalue weighted by Crippen LogP contribution is -2.36. The Bertz CT molecular complexity index is 409. The van der Waals surface area contributed by atoms with Gasteiger partial charge in [0.25, 0.3) is 0 Å². The molecule has 18 heavy (non-hydrogen) atoms. The molecule has 0 saturated heterocycles. The fourth-order valence-corrected chi connectivity index (χ4v) is 2.16. The van der Waals surface area contributed by atoms with E-state index in [2.05, 4.69) is 4.74 Å². The Labute approximate surface area is 103 Å². The summed E-state index contributed by atoms with van der Waals surface area (Å²) in [6.45, 7) is 0.496. The van der Waals surface area contributed by atoms with Gasteiger partial charge in [-0.25, -0.2) is 0 Å². The van der Waals surface area contributed by atoms with E-state index >= 15 is 0 Å². The zero-order chi connectivity index (χ0) is 13.2. The van der Waals surface area contributed by atoms with Crippen LogP contribution in [-0.2, 0) is 4.74 Å². The summed E-state index contributed by atoms with van der Waals surface area (Å²) >= 11 is 0. The predicted molar refractivity (Wildman–Crippen MR) is 62.2 cm³/mol. The molecule has 6 heteroatoms. The van der Waals surface area contributed by atoms with Gasteiger partial charge in [0.05, 0.1) is 6.61 Å². The largest absolute Gasteiger partial charge is 0.522 e. The monoisotopic (exact) mass is 260 g/mol. The fraction of sp³-hybridized carbons (Fsp3) is 0.500. The highest BCUT2D eigenvalue weighted by atomic mass is 19.4. The lowest BCUT2D eigenvalue weighted by molar-refractivity contribution is -0.323. The van der Waals surface area contributed by atoms with Crippen molar-refractivity contribution in [1.82, 2.24) is 0 Å². The Morgan fingerprint density at radius 2 is 2.06 bits per heavy atom. The summed E-state index contributed by atoms with van der Waals surface area (Å²) in [4.78, 5) is 1.88. The molecule has 1 aromatic carbocycles. The zero-order valence-electron chi connectivity index (χ0n) is 9.78. The molecular weight excluding hydrogens is 245 g/mol. The smallest absolute Gasteiger partial charge is 0.369 e. The van der Waals surface area contributed by atoms with Gasteiger partial charge < -0.3 is 10.6 Å². The summed E-state index contributed by atoms with van der Waals surface area (Å²) < 4.78 is 39.5. The van der Waals surface area contributed by atoms with Gasteiger partial charge in [0.15, 0.2) is 0 Å². The van der Waals surface area contributed by atoms with Gasteiger partial charge in [-0.1, -0.05) is 18.2 Å². The molecule has 2 N–H and O–H groups in total. The highest BCUT2D eigenvalue weighted by Gasteiger charge is 2.29. The standard InChI is InChI=1S/C12H15F3N2O/c13-12(14,15)18-8-7-17-6-5-10(16)9-3-1-2-4-11(9)17/h1-4,10H,5-8,16H2. The van der Waals surface area contributed by atoms with Crippen LogP contribution in [-0.4, -0.2) is 26.1 Å². The number of para-hydroxylation sites is 1. The Kier molecular flexibility index (Phi) is 3.77. The highest BCUT2D eigenvalue weighted by Crippen LogP contribution is 2.31. The maximum atomic E-state index is 11.9. The average molecular weight is 260 g/mol. The predicted octanol–water partition coefficient (Wildman–Crippen LogP) is 2.43. The van der Waals surface area contributed by atoms with Gasteiger partial charge in [0.1, 0.15) is 0 Å². The number of hydrogen-bond donors (Lipinski definition) is 1. The number of hydrogen-bond acceptors (Lipinski definition) is 3. The van der Waals surface area contributed by atoms with Crippen LogP contribution in [0.1, 0.15) is 18.0 Å². The second kappa shape index (κ2) is 5.16. The van der Waals surface area contributed by atoms with E-state index in [0.717, 1.165) is 17.7 Å². The summed E-state index contributed by atoms with van der Waals surface area (Å²) in [6.07, 6.45) is -3.82. The van der Waals surface area contributed by atoms with Crippen molar-refractivity contribution in [3.8, 4) is 0 Å². The summed E-state index contributed by atoms with van der Waals surface area (Å²) in [7, 11) is 0. The van der Waals surface area contributed by atoms with Crippen molar-refractivity contribution in [3.63, 3.8) is 0 Å². The highest BCUT2D eigenvalue weighted by molar-refractivity contribution is 5.56. The molecule has 1 unspecified atom stereocenters. The minimum absolute atomic E-state index is 0.0408. The molecule has 0 spiro atoms. The molecule has 0 amide bonds. The third-order valence-electron chi connectivity index (χ3n) is 3.01. The molecule has 0 aromatic heterocycles. The van der Waals surface area contributed by atoms with Crippen LogP contribution in [0.25, 0.3) is 0 Å². The first kappa shape index (κ1) is 13.2. The number of nitrogens with zero attached hydrogens (tertiary/aromatic N) is 1. The second-order valence-electron chi connectivity index (χ2n) is 4.24. The van der Waals surface area contributed by atoms with E-state index < -0.39 is 6.36 Å². The van der Waals surface area contributed by atoms with Crippen LogP contribution in [0.2, 0.25) is 0 Å². The first-order chi connectivity index (χ1) is 8.47. The third-order valence-corrected chi connectivity index (χ3v) is 3.01. The maximum absolute atomic E-state index is 11.9. The normalized spacial score (nSPS) is 19.8. The number of benzene rings is 1. The molecule has 0 fully saturated rings. The van der Waals surface area contributed by atoms with Crippen LogP contribution >= 0.6 is 0 Å². The van der Waals surface area contributed by atoms with Crippen LogP contribution in [0, 0.1) is 0 Å². The first-order valence-electron chi connectivity index (χ1n) is 5.77. The van der Waals surface area contributed by atoms with E-state index in [0.29, 0.717) is 6.54 Å². The van der Waals surface area contributed by atoms with E-state index in [4.69, 9.17) is 5.73 Å².